The fourth-order valence-corrected chi connectivity index (χ4v) is 2.22. The molecule has 5 nitrogen and oxygen atoms in total. The maximum atomic E-state index is 12.4. The van der Waals surface area contributed by atoms with Gasteiger partial charge in [-0.15, -0.1) is 0 Å². The third kappa shape index (κ3) is 5.48. The highest BCUT2D eigenvalue weighted by Gasteiger charge is 2.26. The summed E-state index contributed by atoms with van der Waals surface area (Å²) in [5.41, 5.74) is 6.76. The quantitative estimate of drug-likeness (QED) is 0.869. The van der Waals surface area contributed by atoms with E-state index < -0.39 is 5.92 Å². The molecule has 0 radical (unpaired) electrons. The van der Waals surface area contributed by atoms with Gasteiger partial charge < -0.3 is 16.0 Å². The summed E-state index contributed by atoms with van der Waals surface area (Å²) in [6, 6.07) is 9.12. The zero-order valence-corrected chi connectivity index (χ0v) is 14.1. The average molecular weight is 305 g/mol. The molecule has 0 spiro atoms. The van der Waals surface area contributed by atoms with E-state index in [9.17, 15) is 9.59 Å². The van der Waals surface area contributed by atoms with Crippen LogP contribution in [0.15, 0.2) is 30.3 Å². The van der Waals surface area contributed by atoms with Crippen molar-refractivity contribution in [3.05, 3.63) is 35.9 Å². The highest BCUT2D eigenvalue weighted by molar-refractivity contribution is 5.86. The van der Waals surface area contributed by atoms with Gasteiger partial charge in [-0.3, -0.25) is 9.59 Å². The Morgan fingerprint density at radius 3 is 2.27 bits per heavy atom. The van der Waals surface area contributed by atoms with Crippen molar-refractivity contribution < 1.29 is 9.59 Å². The monoisotopic (exact) mass is 305 g/mol. The first-order chi connectivity index (χ1) is 10.1. The molecule has 2 atom stereocenters. The van der Waals surface area contributed by atoms with E-state index in [1.165, 1.54) is 4.90 Å². The maximum absolute atomic E-state index is 12.4. The van der Waals surface area contributed by atoms with Crippen molar-refractivity contribution in [1.29, 1.82) is 0 Å². The molecule has 0 aromatic heterocycles. The second kappa shape index (κ2) is 7.40. The number of carbonyl (C=O) groups excluding carboxylic acids is 2. The average Bonchev–Trinajstić information content (AvgIpc) is 2.43. The lowest BCUT2D eigenvalue weighted by Gasteiger charge is -2.27. The molecule has 1 rings (SSSR count). The number of hydrogen-bond acceptors (Lipinski definition) is 3. The van der Waals surface area contributed by atoms with Gasteiger partial charge in [0.1, 0.15) is 0 Å². The Bertz CT molecular complexity index is 508. The van der Waals surface area contributed by atoms with Crippen molar-refractivity contribution in [2.75, 3.05) is 13.6 Å². The van der Waals surface area contributed by atoms with Crippen molar-refractivity contribution in [3.63, 3.8) is 0 Å². The normalized spacial score (nSPS) is 14.1. The first kappa shape index (κ1) is 18.2. The van der Waals surface area contributed by atoms with Crippen molar-refractivity contribution in [2.45, 2.75) is 39.3 Å². The maximum Gasteiger partial charge on any atom is 0.240 e. The molecule has 0 aliphatic heterocycles. The van der Waals surface area contributed by atoms with Crippen LogP contribution in [0.4, 0.5) is 0 Å². The van der Waals surface area contributed by atoms with Gasteiger partial charge in [-0.25, -0.2) is 0 Å². The molecule has 0 fully saturated rings. The number of nitrogens with zero attached hydrogens (tertiary/aromatic N) is 1. The highest BCUT2D eigenvalue weighted by atomic mass is 16.2. The zero-order chi connectivity index (χ0) is 16.9. The zero-order valence-electron chi connectivity index (χ0n) is 14.1. The number of nitrogens with one attached hydrogen (secondary N) is 1. The first-order valence-electron chi connectivity index (χ1n) is 7.48. The molecule has 0 aliphatic rings. The topological polar surface area (TPSA) is 75.4 Å². The van der Waals surface area contributed by atoms with E-state index in [4.69, 9.17) is 5.73 Å². The van der Waals surface area contributed by atoms with E-state index in [1.807, 2.05) is 51.1 Å². The summed E-state index contributed by atoms with van der Waals surface area (Å²) in [7, 11) is 1.62. The molecule has 0 heterocycles. The predicted molar refractivity (Wildman–Crippen MR) is 88.1 cm³/mol. The van der Waals surface area contributed by atoms with Gasteiger partial charge in [0.25, 0.3) is 0 Å². The number of likely N-dealkylation sites (N-methyl/N-ethyl adjacent to an activating group) is 1. The molecule has 2 unspecified atom stereocenters. The Morgan fingerprint density at radius 2 is 1.77 bits per heavy atom. The number of nitrogens with two attached hydrogens (primary N) is 1. The minimum atomic E-state index is -0.394. The van der Waals surface area contributed by atoms with Crippen molar-refractivity contribution >= 4 is 11.8 Å². The molecule has 2 amide bonds. The summed E-state index contributed by atoms with van der Waals surface area (Å²) in [5.74, 6) is -0.709. The van der Waals surface area contributed by atoms with Crippen LogP contribution in [0.1, 0.15) is 39.3 Å². The van der Waals surface area contributed by atoms with Gasteiger partial charge in [-0.1, -0.05) is 37.3 Å². The van der Waals surface area contributed by atoms with Gasteiger partial charge >= 0.3 is 0 Å². The smallest absolute Gasteiger partial charge is 0.240 e. The molecule has 22 heavy (non-hydrogen) atoms. The standard InChI is InChI=1S/C17H27N3O2/c1-12(15(18)13-9-7-6-8-10-13)16(22)20(5)11-14(21)19-17(2,3)4/h6-10,12,15H,11,18H2,1-5H3,(H,19,21). The number of rotatable bonds is 5. The second-order valence-electron chi connectivity index (χ2n) is 6.72. The Kier molecular flexibility index (Phi) is 6.11. The minimum absolute atomic E-state index is 0.0297. The minimum Gasteiger partial charge on any atom is -0.350 e. The fraction of sp³-hybridized carbons (Fsp3) is 0.529. The number of hydrogen-bond donors (Lipinski definition) is 2. The predicted octanol–water partition coefficient (Wildman–Crippen LogP) is 1.70. The lowest BCUT2D eigenvalue weighted by Crippen LogP contribution is -2.47. The summed E-state index contributed by atoms with van der Waals surface area (Å²) < 4.78 is 0. The molecule has 1 aromatic rings. The Balaban J connectivity index is 2.64. The van der Waals surface area contributed by atoms with Crippen LogP contribution in [-0.4, -0.2) is 35.8 Å². The fourth-order valence-electron chi connectivity index (χ4n) is 2.22. The van der Waals surface area contributed by atoms with Crippen LogP contribution in [0.25, 0.3) is 0 Å². The van der Waals surface area contributed by atoms with Gasteiger partial charge in [-0.2, -0.15) is 0 Å². The van der Waals surface area contributed by atoms with E-state index in [1.54, 1.807) is 14.0 Å². The molecular weight excluding hydrogens is 278 g/mol. The summed E-state index contributed by atoms with van der Waals surface area (Å²) >= 11 is 0. The van der Waals surface area contributed by atoms with E-state index in [0.717, 1.165) is 5.56 Å². The van der Waals surface area contributed by atoms with Crippen LogP contribution in [0.2, 0.25) is 0 Å². The lowest BCUT2D eigenvalue weighted by atomic mass is 9.94. The third-order valence-electron chi connectivity index (χ3n) is 3.38. The Hall–Kier alpha value is -1.88. The van der Waals surface area contributed by atoms with Gasteiger partial charge in [0.05, 0.1) is 12.5 Å². The Morgan fingerprint density at radius 1 is 1.23 bits per heavy atom. The summed E-state index contributed by atoms with van der Waals surface area (Å²) in [6.45, 7) is 7.53. The number of benzene rings is 1. The Labute approximate surface area is 132 Å². The van der Waals surface area contributed by atoms with Crippen LogP contribution in [-0.2, 0) is 9.59 Å². The van der Waals surface area contributed by atoms with Crippen LogP contribution in [0.5, 0.6) is 0 Å². The van der Waals surface area contributed by atoms with Gasteiger partial charge in [0.2, 0.25) is 11.8 Å². The molecule has 0 aliphatic carbocycles. The molecule has 5 heteroatoms. The van der Waals surface area contributed by atoms with Crippen LogP contribution < -0.4 is 11.1 Å². The van der Waals surface area contributed by atoms with Crippen LogP contribution >= 0.6 is 0 Å². The van der Waals surface area contributed by atoms with Gasteiger partial charge in [0.15, 0.2) is 0 Å². The third-order valence-corrected chi connectivity index (χ3v) is 3.38. The first-order valence-corrected chi connectivity index (χ1v) is 7.48. The molecule has 0 bridgehead atoms. The van der Waals surface area contributed by atoms with Crippen molar-refractivity contribution in [3.8, 4) is 0 Å². The van der Waals surface area contributed by atoms with Crippen molar-refractivity contribution in [1.82, 2.24) is 10.2 Å². The largest absolute Gasteiger partial charge is 0.350 e. The number of amides is 2. The van der Waals surface area contributed by atoms with E-state index in [2.05, 4.69) is 5.32 Å². The van der Waals surface area contributed by atoms with Crippen LogP contribution in [0.3, 0.4) is 0 Å². The van der Waals surface area contributed by atoms with Gasteiger partial charge in [0, 0.05) is 18.6 Å². The number of carbonyl (C=O) groups is 2. The van der Waals surface area contributed by atoms with Crippen LogP contribution in [0, 0.1) is 5.92 Å². The molecular formula is C17H27N3O2. The van der Waals surface area contributed by atoms with Gasteiger partial charge in [-0.05, 0) is 26.3 Å². The molecule has 122 valence electrons. The lowest BCUT2D eigenvalue weighted by molar-refractivity contribution is -0.138. The summed E-state index contributed by atoms with van der Waals surface area (Å²) in [6.07, 6.45) is 0. The molecule has 3 N–H and O–H groups in total. The highest BCUT2D eigenvalue weighted by Crippen LogP contribution is 2.20. The van der Waals surface area contributed by atoms with E-state index in [-0.39, 0.29) is 29.9 Å². The van der Waals surface area contributed by atoms with E-state index in [0.29, 0.717) is 0 Å². The summed E-state index contributed by atoms with van der Waals surface area (Å²) in [5, 5.41) is 2.84. The molecule has 0 saturated heterocycles. The second-order valence-corrected chi connectivity index (χ2v) is 6.72. The summed E-state index contributed by atoms with van der Waals surface area (Å²) in [4.78, 5) is 25.7. The SMILES string of the molecule is CC(C(=O)N(C)CC(=O)NC(C)(C)C)C(N)c1ccccc1. The molecule has 0 saturated carbocycles. The molecule has 1 aromatic carbocycles. The van der Waals surface area contributed by atoms with Crippen molar-refractivity contribution in [2.24, 2.45) is 11.7 Å². The van der Waals surface area contributed by atoms with E-state index >= 15 is 0 Å².